The molecule has 1 saturated carbocycles. The maximum atomic E-state index is 11.5. The van der Waals surface area contributed by atoms with Gasteiger partial charge in [-0.3, -0.25) is 9.59 Å². The summed E-state index contributed by atoms with van der Waals surface area (Å²) in [5.41, 5.74) is 0. The van der Waals surface area contributed by atoms with Gasteiger partial charge in [-0.1, -0.05) is 13.3 Å². The fourth-order valence-corrected chi connectivity index (χ4v) is 1.71. The summed E-state index contributed by atoms with van der Waals surface area (Å²) in [7, 11) is 0. The molecule has 0 spiro atoms. The van der Waals surface area contributed by atoms with Gasteiger partial charge in [-0.25, -0.2) is 0 Å². The van der Waals surface area contributed by atoms with Gasteiger partial charge in [0.25, 0.3) is 0 Å². The van der Waals surface area contributed by atoms with E-state index in [1.54, 1.807) is 0 Å². The SMILES string of the molecule is CCC(Br)OC(=O)C1CCCCC1=O. The lowest BCUT2D eigenvalue weighted by Gasteiger charge is -2.20. The standard InChI is InChI=1S/C10H15BrO3/c1-2-9(11)14-10(13)7-5-3-4-6-8(7)12/h7,9H,2-6H2,1H3. The number of hydrogen-bond acceptors (Lipinski definition) is 3. The average molecular weight is 263 g/mol. The topological polar surface area (TPSA) is 43.4 Å². The number of hydrogen-bond donors (Lipinski definition) is 0. The predicted molar refractivity (Wildman–Crippen MR) is 56.1 cm³/mol. The van der Waals surface area contributed by atoms with Crippen molar-refractivity contribution < 1.29 is 14.3 Å². The molecule has 2 atom stereocenters. The largest absolute Gasteiger partial charge is 0.450 e. The molecule has 0 bridgehead atoms. The smallest absolute Gasteiger partial charge is 0.317 e. The monoisotopic (exact) mass is 262 g/mol. The number of ketones is 1. The number of rotatable bonds is 3. The van der Waals surface area contributed by atoms with Crippen LogP contribution in [0.25, 0.3) is 0 Å². The Balaban J connectivity index is 2.46. The molecule has 1 rings (SSSR count). The zero-order valence-electron chi connectivity index (χ0n) is 8.29. The Hall–Kier alpha value is -0.380. The molecule has 1 aliphatic carbocycles. The van der Waals surface area contributed by atoms with E-state index in [9.17, 15) is 9.59 Å². The Morgan fingerprint density at radius 3 is 2.93 bits per heavy atom. The minimum atomic E-state index is -0.504. The summed E-state index contributed by atoms with van der Waals surface area (Å²) in [5, 5.41) is -0.260. The first-order valence-corrected chi connectivity index (χ1v) is 5.94. The van der Waals surface area contributed by atoms with Gasteiger partial charge in [0, 0.05) is 6.42 Å². The van der Waals surface area contributed by atoms with Crippen molar-refractivity contribution in [2.24, 2.45) is 5.92 Å². The molecule has 0 amide bonds. The maximum Gasteiger partial charge on any atom is 0.317 e. The van der Waals surface area contributed by atoms with Crippen molar-refractivity contribution in [1.29, 1.82) is 0 Å². The Kier molecular flexibility index (Phi) is 4.58. The number of ether oxygens (including phenoxy) is 1. The highest BCUT2D eigenvalue weighted by atomic mass is 79.9. The fraction of sp³-hybridized carbons (Fsp3) is 0.800. The molecule has 0 aromatic heterocycles. The van der Waals surface area contributed by atoms with E-state index < -0.39 is 5.92 Å². The van der Waals surface area contributed by atoms with Gasteiger partial charge >= 0.3 is 5.97 Å². The van der Waals surface area contributed by atoms with Gasteiger partial charge in [0.15, 0.2) is 5.01 Å². The first-order chi connectivity index (χ1) is 6.65. The van der Waals surface area contributed by atoms with Crippen LogP contribution in [0.5, 0.6) is 0 Å². The van der Waals surface area contributed by atoms with E-state index in [0.717, 1.165) is 12.8 Å². The van der Waals surface area contributed by atoms with Crippen LogP contribution in [-0.2, 0) is 14.3 Å². The molecule has 0 radical (unpaired) electrons. The summed E-state index contributed by atoms with van der Waals surface area (Å²) < 4.78 is 5.07. The van der Waals surface area contributed by atoms with Crippen LogP contribution in [0.2, 0.25) is 0 Å². The molecule has 4 heteroatoms. The van der Waals surface area contributed by atoms with Crippen molar-refractivity contribution in [3.63, 3.8) is 0 Å². The molecule has 2 unspecified atom stereocenters. The number of carbonyl (C=O) groups is 2. The second-order valence-electron chi connectivity index (χ2n) is 3.52. The summed E-state index contributed by atoms with van der Waals surface area (Å²) in [6.07, 6.45) is 3.76. The van der Waals surface area contributed by atoms with Crippen molar-refractivity contribution in [3.05, 3.63) is 0 Å². The zero-order chi connectivity index (χ0) is 10.6. The van der Waals surface area contributed by atoms with Crippen LogP contribution in [0.3, 0.4) is 0 Å². The Bertz CT molecular complexity index is 227. The molecule has 1 aliphatic rings. The number of esters is 1. The van der Waals surface area contributed by atoms with E-state index in [1.807, 2.05) is 6.92 Å². The number of Topliss-reactive ketones (excluding diaryl/α,β-unsaturated/α-hetero) is 1. The molecule has 0 aromatic rings. The summed E-state index contributed by atoms with van der Waals surface area (Å²) in [5.74, 6) is -0.828. The van der Waals surface area contributed by atoms with Crippen LogP contribution in [0, 0.1) is 5.92 Å². The maximum absolute atomic E-state index is 11.5. The summed E-state index contributed by atoms with van der Waals surface area (Å²) in [6.45, 7) is 1.91. The normalized spacial score (nSPS) is 24.4. The van der Waals surface area contributed by atoms with Gasteiger partial charge < -0.3 is 4.74 Å². The third kappa shape index (κ3) is 3.08. The Morgan fingerprint density at radius 2 is 2.36 bits per heavy atom. The molecule has 14 heavy (non-hydrogen) atoms. The highest BCUT2D eigenvalue weighted by molar-refractivity contribution is 9.09. The minimum Gasteiger partial charge on any atom is -0.450 e. The van der Waals surface area contributed by atoms with E-state index in [-0.39, 0.29) is 16.8 Å². The van der Waals surface area contributed by atoms with Crippen LogP contribution in [0.15, 0.2) is 0 Å². The molecule has 0 saturated heterocycles. The molecule has 0 N–H and O–H groups in total. The Morgan fingerprint density at radius 1 is 1.64 bits per heavy atom. The second-order valence-corrected chi connectivity index (χ2v) is 4.54. The molecule has 1 fully saturated rings. The van der Waals surface area contributed by atoms with Gasteiger partial charge in [-0.15, -0.1) is 0 Å². The number of carbonyl (C=O) groups excluding carboxylic acids is 2. The first kappa shape index (κ1) is 11.7. The quantitative estimate of drug-likeness (QED) is 0.446. The summed E-state index contributed by atoms with van der Waals surface area (Å²) >= 11 is 3.21. The highest BCUT2D eigenvalue weighted by Gasteiger charge is 2.30. The van der Waals surface area contributed by atoms with E-state index in [1.165, 1.54) is 0 Å². The lowest BCUT2D eigenvalue weighted by molar-refractivity contribution is -0.154. The molecule has 0 aromatic carbocycles. The van der Waals surface area contributed by atoms with Gasteiger partial charge in [0.05, 0.1) is 0 Å². The second kappa shape index (κ2) is 5.49. The summed E-state index contributed by atoms with van der Waals surface area (Å²) in [4.78, 5) is 22.9. The summed E-state index contributed by atoms with van der Waals surface area (Å²) in [6, 6.07) is 0. The zero-order valence-corrected chi connectivity index (χ0v) is 9.88. The fourth-order valence-electron chi connectivity index (χ4n) is 1.52. The van der Waals surface area contributed by atoms with Crippen molar-refractivity contribution in [3.8, 4) is 0 Å². The van der Waals surface area contributed by atoms with Crippen LogP contribution in [0.4, 0.5) is 0 Å². The Labute approximate surface area is 92.3 Å². The van der Waals surface area contributed by atoms with Gasteiger partial charge in [0.2, 0.25) is 0 Å². The van der Waals surface area contributed by atoms with E-state index >= 15 is 0 Å². The van der Waals surface area contributed by atoms with Crippen LogP contribution >= 0.6 is 15.9 Å². The molecule has 0 aliphatic heterocycles. The van der Waals surface area contributed by atoms with Gasteiger partial charge in [-0.05, 0) is 35.2 Å². The third-order valence-corrected chi connectivity index (χ3v) is 3.24. The highest BCUT2D eigenvalue weighted by Crippen LogP contribution is 2.23. The molecular weight excluding hydrogens is 248 g/mol. The van der Waals surface area contributed by atoms with Gasteiger partial charge in [0.1, 0.15) is 11.7 Å². The van der Waals surface area contributed by atoms with Crippen LogP contribution < -0.4 is 0 Å². The number of alkyl halides is 1. The van der Waals surface area contributed by atoms with Gasteiger partial charge in [-0.2, -0.15) is 0 Å². The van der Waals surface area contributed by atoms with E-state index in [2.05, 4.69) is 15.9 Å². The van der Waals surface area contributed by atoms with Crippen LogP contribution in [-0.4, -0.2) is 16.8 Å². The molecular formula is C10H15BrO3. The molecule has 3 nitrogen and oxygen atoms in total. The predicted octanol–water partition coefficient (Wildman–Crippen LogP) is 2.42. The lowest BCUT2D eigenvalue weighted by Crippen LogP contribution is -2.30. The number of halogens is 1. The van der Waals surface area contributed by atoms with E-state index in [0.29, 0.717) is 19.3 Å². The van der Waals surface area contributed by atoms with Crippen molar-refractivity contribution in [1.82, 2.24) is 0 Å². The first-order valence-electron chi connectivity index (χ1n) is 5.02. The van der Waals surface area contributed by atoms with Crippen molar-refractivity contribution >= 4 is 27.7 Å². The van der Waals surface area contributed by atoms with E-state index in [4.69, 9.17) is 4.74 Å². The average Bonchev–Trinajstić information content (AvgIpc) is 2.18. The van der Waals surface area contributed by atoms with Crippen molar-refractivity contribution in [2.45, 2.75) is 44.0 Å². The van der Waals surface area contributed by atoms with Crippen molar-refractivity contribution in [2.75, 3.05) is 0 Å². The third-order valence-electron chi connectivity index (χ3n) is 2.40. The minimum absolute atomic E-state index is 0.0389. The van der Waals surface area contributed by atoms with Crippen LogP contribution in [0.1, 0.15) is 39.0 Å². The molecule has 0 heterocycles. The molecule has 80 valence electrons. The lowest BCUT2D eigenvalue weighted by atomic mass is 9.88.